The predicted molar refractivity (Wildman–Crippen MR) is 136 cm³/mol. The molecule has 1 N–H and O–H groups in total. The van der Waals surface area contributed by atoms with Gasteiger partial charge in [-0.15, -0.1) is 0 Å². The van der Waals surface area contributed by atoms with E-state index in [1.165, 1.54) is 4.57 Å². The summed E-state index contributed by atoms with van der Waals surface area (Å²) >= 11 is 0. The molecule has 6 rings (SSSR count). The molecule has 0 saturated heterocycles. The van der Waals surface area contributed by atoms with E-state index in [0.717, 1.165) is 39.5 Å². The van der Waals surface area contributed by atoms with Gasteiger partial charge in [0.25, 0.3) is 5.56 Å². The predicted octanol–water partition coefficient (Wildman–Crippen LogP) is 4.52. The van der Waals surface area contributed by atoms with Gasteiger partial charge in [0.2, 0.25) is 0 Å². The standard InChI is InChI=1S/C28H24N4O2/c1-17-13-15-19(16-14-17)24-22-25(30(2)28(34)31(3)27(22)33)26-23(18-9-5-4-6-10-18)29-20-11-7-8-12-21(20)32(24)26/h4-16,23,29H,1-3H3/t23-/m1/s1. The van der Waals surface area contributed by atoms with Crippen LogP contribution in [0.15, 0.2) is 88.5 Å². The molecule has 5 aromatic rings. The van der Waals surface area contributed by atoms with Crippen molar-refractivity contribution in [1.82, 2.24) is 13.7 Å². The first kappa shape index (κ1) is 20.3. The fourth-order valence-corrected chi connectivity index (χ4v) is 5.10. The lowest BCUT2D eigenvalue weighted by atomic mass is 9.99. The van der Waals surface area contributed by atoms with Crippen LogP contribution in [0, 0.1) is 6.92 Å². The number of para-hydroxylation sites is 2. The molecule has 168 valence electrons. The highest BCUT2D eigenvalue weighted by Crippen LogP contribution is 2.45. The van der Waals surface area contributed by atoms with Crippen molar-refractivity contribution in [2.75, 3.05) is 5.32 Å². The molecule has 1 atom stereocenters. The highest BCUT2D eigenvalue weighted by atomic mass is 16.2. The number of benzene rings is 3. The maximum absolute atomic E-state index is 13.7. The largest absolute Gasteiger partial charge is 0.371 e. The Hall–Kier alpha value is -4.32. The number of fused-ring (bicyclic) bond motifs is 5. The zero-order valence-corrected chi connectivity index (χ0v) is 19.2. The first-order chi connectivity index (χ1) is 16.5. The van der Waals surface area contributed by atoms with Crippen molar-refractivity contribution in [2.45, 2.75) is 13.0 Å². The number of nitrogens with zero attached hydrogens (tertiary/aromatic N) is 3. The molecule has 0 fully saturated rings. The topological polar surface area (TPSA) is 61.0 Å². The summed E-state index contributed by atoms with van der Waals surface area (Å²) in [5, 5.41) is 4.22. The van der Waals surface area contributed by atoms with Crippen molar-refractivity contribution < 1.29 is 0 Å². The van der Waals surface area contributed by atoms with Crippen LogP contribution in [-0.2, 0) is 14.1 Å². The Morgan fingerprint density at radius 2 is 1.47 bits per heavy atom. The molecule has 6 nitrogen and oxygen atoms in total. The van der Waals surface area contributed by atoms with Crippen molar-refractivity contribution in [3.8, 4) is 16.9 Å². The Morgan fingerprint density at radius 3 is 2.21 bits per heavy atom. The summed E-state index contributed by atoms with van der Waals surface area (Å²) in [7, 11) is 3.28. The second kappa shape index (κ2) is 7.35. The fraction of sp³-hybridized carbons (Fsp3) is 0.143. The van der Waals surface area contributed by atoms with Crippen LogP contribution in [0.25, 0.3) is 27.8 Å². The molecular weight excluding hydrogens is 424 g/mol. The maximum atomic E-state index is 13.7. The molecule has 6 heteroatoms. The molecule has 1 aliphatic heterocycles. The van der Waals surface area contributed by atoms with Gasteiger partial charge >= 0.3 is 5.69 Å². The molecule has 0 saturated carbocycles. The Bertz CT molecular complexity index is 1690. The first-order valence-corrected chi connectivity index (χ1v) is 11.3. The number of aryl methyl sites for hydroxylation is 2. The molecule has 0 unspecified atom stereocenters. The quantitative estimate of drug-likeness (QED) is 0.432. The molecule has 0 aliphatic carbocycles. The van der Waals surface area contributed by atoms with Gasteiger partial charge in [0.15, 0.2) is 0 Å². The van der Waals surface area contributed by atoms with Gasteiger partial charge in [0.1, 0.15) is 0 Å². The lowest BCUT2D eigenvalue weighted by Crippen LogP contribution is -2.37. The van der Waals surface area contributed by atoms with Gasteiger partial charge in [-0.1, -0.05) is 72.3 Å². The van der Waals surface area contributed by atoms with Crippen molar-refractivity contribution >= 4 is 16.6 Å². The van der Waals surface area contributed by atoms with Crippen LogP contribution in [0.1, 0.15) is 22.9 Å². The second-order valence-corrected chi connectivity index (χ2v) is 8.87. The molecule has 0 radical (unpaired) electrons. The molecule has 3 heterocycles. The zero-order chi connectivity index (χ0) is 23.6. The fourth-order valence-electron chi connectivity index (χ4n) is 5.10. The highest BCUT2D eigenvalue weighted by Gasteiger charge is 2.34. The summed E-state index contributed by atoms with van der Waals surface area (Å²) in [5.74, 6) is 0. The molecule has 0 spiro atoms. The van der Waals surface area contributed by atoms with Crippen LogP contribution in [0.3, 0.4) is 0 Å². The molecule has 34 heavy (non-hydrogen) atoms. The average Bonchev–Trinajstić information content (AvgIpc) is 3.23. The van der Waals surface area contributed by atoms with Crippen LogP contribution in [-0.4, -0.2) is 13.7 Å². The molecule has 2 aromatic heterocycles. The minimum absolute atomic E-state index is 0.240. The van der Waals surface area contributed by atoms with E-state index in [-0.39, 0.29) is 17.3 Å². The lowest BCUT2D eigenvalue weighted by molar-refractivity contribution is 0.708. The van der Waals surface area contributed by atoms with Crippen LogP contribution in [0.5, 0.6) is 0 Å². The Balaban J connectivity index is 1.87. The third kappa shape index (κ3) is 2.75. The van der Waals surface area contributed by atoms with Crippen LogP contribution >= 0.6 is 0 Å². The number of rotatable bonds is 2. The minimum atomic E-state index is -0.341. The summed E-state index contributed by atoms with van der Waals surface area (Å²) in [4.78, 5) is 26.7. The highest BCUT2D eigenvalue weighted by molar-refractivity contribution is 5.99. The number of nitrogens with one attached hydrogen (secondary N) is 1. The van der Waals surface area contributed by atoms with Gasteiger partial charge in [0.05, 0.1) is 39.7 Å². The lowest BCUT2D eigenvalue weighted by Gasteiger charge is -2.31. The van der Waals surface area contributed by atoms with Crippen LogP contribution in [0.2, 0.25) is 0 Å². The minimum Gasteiger partial charge on any atom is -0.371 e. The monoisotopic (exact) mass is 448 g/mol. The van der Waals surface area contributed by atoms with E-state index in [2.05, 4.69) is 40.2 Å². The summed E-state index contributed by atoms with van der Waals surface area (Å²) in [6.45, 7) is 2.04. The Kier molecular flexibility index (Phi) is 4.39. The maximum Gasteiger partial charge on any atom is 0.331 e. The zero-order valence-electron chi connectivity index (χ0n) is 19.2. The van der Waals surface area contributed by atoms with E-state index in [9.17, 15) is 9.59 Å². The van der Waals surface area contributed by atoms with Crippen LogP contribution < -0.4 is 16.6 Å². The SMILES string of the molecule is Cc1ccc(-c2c3c(=O)n(C)c(=O)n(C)c3c3n2-c2ccccc2N[C@@H]3c2ccccc2)cc1. The molecular formula is C28H24N4O2. The Labute approximate surface area is 196 Å². The van der Waals surface area contributed by atoms with Gasteiger partial charge in [-0.2, -0.15) is 0 Å². The average molecular weight is 449 g/mol. The van der Waals surface area contributed by atoms with Gasteiger partial charge in [0, 0.05) is 14.1 Å². The van der Waals surface area contributed by atoms with Crippen molar-refractivity contribution in [3.05, 3.63) is 117 Å². The third-order valence-electron chi connectivity index (χ3n) is 6.78. The van der Waals surface area contributed by atoms with E-state index < -0.39 is 0 Å². The van der Waals surface area contributed by atoms with E-state index in [1.54, 1.807) is 18.7 Å². The summed E-state index contributed by atoms with van der Waals surface area (Å²) < 4.78 is 4.97. The van der Waals surface area contributed by atoms with E-state index in [0.29, 0.717) is 10.9 Å². The molecule has 3 aromatic carbocycles. The number of hydrogen-bond acceptors (Lipinski definition) is 3. The second-order valence-electron chi connectivity index (χ2n) is 8.87. The number of aromatic nitrogens is 3. The van der Waals surface area contributed by atoms with E-state index in [4.69, 9.17) is 0 Å². The summed E-state index contributed by atoms with van der Waals surface area (Å²) in [6.07, 6.45) is 0. The first-order valence-electron chi connectivity index (χ1n) is 11.3. The summed E-state index contributed by atoms with van der Waals surface area (Å²) in [6, 6.07) is 26.2. The van der Waals surface area contributed by atoms with Crippen molar-refractivity contribution in [2.24, 2.45) is 14.1 Å². The normalized spacial score (nSPS) is 14.5. The molecule has 0 bridgehead atoms. The Morgan fingerprint density at radius 1 is 0.794 bits per heavy atom. The van der Waals surface area contributed by atoms with Gasteiger partial charge in [-0.05, 0) is 30.2 Å². The number of anilines is 1. The van der Waals surface area contributed by atoms with Crippen molar-refractivity contribution in [3.63, 3.8) is 0 Å². The number of hydrogen-bond donors (Lipinski definition) is 1. The summed E-state index contributed by atoms with van der Waals surface area (Å²) in [5.41, 5.74) is 6.76. The van der Waals surface area contributed by atoms with E-state index in [1.807, 2.05) is 55.5 Å². The van der Waals surface area contributed by atoms with E-state index >= 15 is 0 Å². The van der Waals surface area contributed by atoms with Crippen LogP contribution in [0.4, 0.5) is 5.69 Å². The molecule has 1 aliphatic rings. The molecule has 0 amide bonds. The van der Waals surface area contributed by atoms with Gasteiger partial charge in [-0.25, -0.2) is 4.79 Å². The third-order valence-corrected chi connectivity index (χ3v) is 6.78. The van der Waals surface area contributed by atoms with Gasteiger partial charge < -0.3 is 9.88 Å². The van der Waals surface area contributed by atoms with Gasteiger partial charge in [-0.3, -0.25) is 13.9 Å². The van der Waals surface area contributed by atoms with Crippen molar-refractivity contribution in [1.29, 1.82) is 0 Å². The smallest absolute Gasteiger partial charge is 0.331 e.